The van der Waals surface area contributed by atoms with Crippen LogP contribution >= 0.6 is 0 Å². The van der Waals surface area contributed by atoms with E-state index < -0.39 is 0 Å². The van der Waals surface area contributed by atoms with Gasteiger partial charge in [-0.3, -0.25) is 4.79 Å². The van der Waals surface area contributed by atoms with E-state index in [2.05, 4.69) is 42.3 Å². The Morgan fingerprint density at radius 2 is 1.79 bits per heavy atom. The second kappa shape index (κ2) is 15.4. The first kappa shape index (κ1) is 31.9. The van der Waals surface area contributed by atoms with Crippen molar-refractivity contribution in [2.24, 2.45) is 5.92 Å². The van der Waals surface area contributed by atoms with Gasteiger partial charge in [0.05, 0.1) is 31.3 Å². The largest absolute Gasteiger partial charge is 0.497 e. The molecule has 42 heavy (non-hydrogen) atoms. The van der Waals surface area contributed by atoms with Crippen LogP contribution in [0.4, 0.5) is 34.5 Å². The molecule has 0 radical (unpaired) electrons. The fourth-order valence-corrected chi connectivity index (χ4v) is 4.12. The molecule has 11 nitrogen and oxygen atoms in total. The van der Waals surface area contributed by atoms with Gasteiger partial charge in [-0.1, -0.05) is 6.08 Å². The van der Waals surface area contributed by atoms with E-state index >= 15 is 0 Å². The number of amides is 1. The molecule has 1 saturated carbocycles. The first-order valence-corrected chi connectivity index (χ1v) is 13.7. The summed E-state index contributed by atoms with van der Waals surface area (Å²) in [5, 5.41) is 18.0. The summed E-state index contributed by atoms with van der Waals surface area (Å²) in [5.41, 5.74) is 4.23. The van der Waals surface area contributed by atoms with Gasteiger partial charge in [0.15, 0.2) is 0 Å². The van der Waals surface area contributed by atoms with E-state index in [1.165, 1.54) is 0 Å². The van der Waals surface area contributed by atoms with Crippen molar-refractivity contribution in [2.75, 3.05) is 69.3 Å². The number of hydrogen-bond acceptors (Lipinski definition) is 10. The van der Waals surface area contributed by atoms with Crippen LogP contribution in [-0.4, -0.2) is 75.4 Å². The number of nitrogens with one attached hydrogen (secondary N) is 4. The first-order chi connectivity index (χ1) is 20.2. The lowest BCUT2D eigenvalue weighted by molar-refractivity contribution is -0.105. The second-order valence-corrected chi connectivity index (χ2v) is 10.1. The predicted octanol–water partition coefficient (Wildman–Crippen LogP) is 5.52. The van der Waals surface area contributed by atoms with Crippen molar-refractivity contribution in [1.82, 2.24) is 14.9 Å². The third-order valence-electron chi connectivity index (χ3n) is 6.49. The van der Waals surface area contributed by atoms with E-state index in [0.29, 0.717) is 46.8 Å². The van der Waals surface area contributed by atoms with Crippen LogP contribution in [0.2, 0.25) is 0 Å². The number of anilines is 6. The molecule has 1 amide bonds. The van der Waals surface area contributed by atoms with Gasteiger partial charge in [-0.05, 0) is 64.2 Å². The minimum Gasteiger partial charge on any atom is -0.497 e. The number of likely N-dealkylation sites (N-methyl/N-ethyl adjacent to an activating group) is 2. The lowest BCUT2D eigenvalue weighted by Crippen LogP contribution is -2.29. The van der Waals surface area contributed by atoms with Crippen LogP contribution in [0, 0.1) is 11.3 Å². The fraction of sp³-hybridized carbons (Fsp3) is 0.355. The summed E-state index contributed by atoms with van der Waals surface area (Å²) >= 11 is 0. The van der Waals surface area contributed by atoms with Crippen molar-refractivity contribution < 1.29 is 14.3 Å². The molecule has 0 spiro atoms. The lowest BCUT2D eigenvalue weighted by Gasteiger charge is -2.25. The van der Waals surface area contributed by atoms with E-state index in [4.69, 9.17) is 14.9 Å². The molecule has 1 fully saturated rings. The predicted molar refractivity (Wildman–Crippen MR) is 172 cm³/mol. The van der Waals surface area contributed by atoms with Crippen LogP contribution in [-0.2, 0) is 4.79 Å². The zero-order valence-electron chi connectivity index (χ0n) is 25.3. The number of carbonyl (C=O) groups is 1. The number of methoxy groups -OCH3 is 2. The van der Waals surface area contributed by atoms with Gasteiger partial charge in [0, 0.05) is 55.3 Å². The molecule has 1 aliphatic rings. The number of nitrogens with zero attached hydrogens (tertiary/aromatic N) is 4. The molecule has 0 bridgehead atoms. The average Bonchev–Trinajstić information content (AvgIpc) is 3.82. The van der Waals surface area contributed by atoms with Crippen LogP contribution in [0.1, 0.15) is 25.3 Å². The molecular weight excluding hydrogens is 532 g/mol. The molecule has 1 heterocycles. The number of carbonyl (C=O) groups excluding carboxylic acids is 1. The van der Waals surface area contributed by atoms with Crippen molar-refractivity contribution in [1.29, 1.82) is 5.41 Å². The summed E-state index contributed by atoms with van der Waals surface area (Å²) < 4.78 is 11.1. The van der Waals surface area contributed by atoms with Gasteiger partial charge < -0.3 is 40.6 Å². The van der Waals surface area contributed by atoms with Crippen LogP contribution in [0.3, 0.4) is 0 Å². The molecule has 4 N–H and O–H groups in total. The van der Waals surface area contributed by atoms with Gasteiger partial charge in [-0.15, -0.1) is 6.58 Å². The smallest absolute Gasteiger partial charge is 0.229 e. The van der Waals surface area contributed by atoms with E-state index in [0.717, 1.165) is 42.9 Å². The SMILES string of the molecule is C=CC.COc1ccc(Nc2ccnc(Nc3cc(NC=O)c(N(C)CCN(C)C)cc3OC)n2)c(C(=N)C2CC2)c1. The summed E-state index contributed by atoms with van der Waals surface area (Å²) in [5.74, 6) is 2.47. The number of benzene rings is 2. The van der Waals surface area contributed by atoms with Crippen molar-refractivity contribution >= 4 is 46.6 Å². The fourth-order valence-electron chi connectivity index (χ4n) is 4.12. The average molecular weight is 575 g/mol. The number of rotatable bonds is 14. The number of hydrogen-bond donors (Lipinski definition) is 4. The Morgan fingerprint density at radius 3 is 2.40 bits per heavy atom. The van der Waals surface area contributed by atoms with Gasteiger partial charge in [-0.2, -0.15) is 4.98 Å². The summed E-state index contributed by atoms with van der Waals surface area (Å²) in [7, 11) is 9.21. The molecule has 224 valence electrons. The van der Waals surface area contributed by atoms with E-state index in [-0.39, 0.29) is 5.92 Å². The van der Waals surface area contributed by atoms with E-state index in [1.54, 1.807) is 38.6 Å². The maximum absolute atomic E-state index is 11.4. The maximum Gasteiger partial charge on any atom is 0.229 e. The molecule has 0 aliphatic heterocycles. The highest BCUT2D eigenvalue weighted by Gasteiger charge is 2.29. The molecule has 4 rings (SSSR count). The first-order valence-electron chi connectivity index (χ1n) is 13.7. The van der Waals surface area contributed by atoms with Gasteiger partial charge in [0.1, 0.15) is 17.3 Å². The van der Waals surface area contributed by atoms with Gasteiger partial charge in [0.25, 0.3) is 0 Å². The minimum absolute atomic E-state index is 0.284. The third kappa shape index (κ3) is 8.68. The minimum atomic E-state index is 0.284. The van der Waals surface area contributed by atoms with Crippen LogP contribution in [0.5, 0.6) is 11.5 Å². The Morgan fingerprint density at radius 1 is 1.05 bits per heavy atom. The molecule has 0 atom stereocenters. The Kier molecular flexibility index (Phi) is 11.7. The summed E-state index contributed by atoms with van der Waals surface area (Å²) in [4.78, 5) is 24.5. The molecule has 1 aromatic heterocycles. The third-order valence-corrected chi connectivity index (χ3v) is 6.49. The molecular formula is C31H42N8O3. The van der Waals surface area contributed by atoms with Crippen molar-refractivity contribution in [3.8, 4) is 11.5 Å². The zero-order chi connectivity index (χ0) is 30.6. The Bertz CT molecular complexity index is 1370. The van der Waals surface area contributed by atoms with Gasteiger partial charge >= 0.3 is 0 Å². The topological polar surface area (TPSA) is 128 Å². The quantitative estimate of drug-likeness (QED) is 0.112. The van der Waals surface area contributed by atoms with Gasteiger partial charge in [0.2, 0.25) is 12.4 Å². The lowest BCUT2D eigenvalue weighted by atomic mass is 10.0. The Balaban J connectivity index is 0.00000155. The molecule has 1 aliphatic carbocycles. The molecule has 0 unspecified atom stereocenters. The maximum atomic E-state index is 11.4. The monoisotopic (exact) mass is 574 g/mol. The highest BCUT2D eigenvalue weighted by atomic mass is 16.5. The van der Waals surface area contributed by atoms with Crippen molar-refractivity contribution in [3.63, 3.8) is 0 Å². The standard InChI is InChI=1S/C28H36N8O3.C3H6/c1-35(2)12-13-36(3)24-16-25(39-5)23(15-22(24)31-17-37)33-28-30-11-10-26(34-28)32-21-9-8-19(38-4)14-20(21)27(29)18-6-7-18;1-3-2/h8-11,14-18,29H,6-7,12-13H2,1-5H3,(H,31,37)(H2,30,32,33,34);3H,1H2,2H3. The van der Waals surface area contributed by atoms with Gasteiger partial charge in [-0.25, -0.2) is 4.98 Å². The van der Waals surface area contributed by atoms with Crippen molar-refractivity contribution in [2.45, 2.75) is 19.8 Å². The summed E-state index contributed by atoms with van der Waals surface area (Å²) in [6, 6.07) is 11.1. The Hall–Kier alpha value is -4.64. The Labute approximate surface area is 248 Å². The summed E-state index contributed by atoms with van der Waals surface area (Å²) in [6.45, 7) is 6.86. The summed E-state index contributed by atoms with van der Waals surface area (Å²) in [6.07, 6.45) is 6.11. The second-order valence-electron chi connectivity index (χ2n) is 10.1. The van der Waals surface area contributed by atoms with Crippen LogP contribution in [0.25, 0.3) is 0 Å². The van der Waals surface area contributed by atoms with E-state index in [9.17, 15) is 4.79 Å². The van der Waals surface area contributed by atoms with Crippen LogP contribution in [0.15, 0.2) is 55.3 Å². The highest BCUT2D eigenvalue weighted by molar-refractivity contribution is 6.06. The number of allylic oxidation sites excluding steroid dienone is 1. The molecule has 0 saturated heterocycles. The highest BCUT2D eigenvalue weighted by Crippen LogP contribution is 2.38. The number of ether oxygens (including phenoxy) is 2. The number of aromatic nitrogens is 2. The zero-order valence-corrected chi connectivity index (χ0v) is 25.3. The molecule has 11 heteroatoms. The van der Waals surface area contributed by atoms with Crippen molar-refractivity contribution in [3.05, 3.63) is 60.8 Å². The normalized spacial score (nSPS) is 12.0. The van der Waals surface area contributed by atoms with Crippen LogP contribution < -0.4 is 30.3 Å². The molecule has 3 aromatic rings. The molecule has 2 aromatic carbocycles. The van der Waals surface area contributed by atoms with E-state index in [1.807, 2.05) is 52.3 Å².